The summed E-state index contributed by atoms with van der Waals surface area (Å²) in [6.45, 7) is 1.72. The van der Waals surface area contributed by atoms with E-state index in [0.29, 0.717) is 16.9 Å². The molecule has 25 heavy (non-hydrogen) atoms. The lowest BCUT2D eigenvalue weighted by atomic mass is 10.2. The standard InChI is InChI=1S/C16H18N4O3S2/c1-11-4-5-12(8-14(11)25(22,23)19(2)3)17-15(21)9-13-10-20-6-7-24-16(20)18-13/h4-8,10H,9H2,1-3H3,(H,17,21). The van der Waals surface area contributed by atoms with Gasteiger partial charge in [-0.3, -0.25) is 9.20 Å². The largest absolute Gasteiger partial charge is 0.326 e. The van der Waals surface area contributed by atoms with Crippen molar-refractivity contribution in [2.75, 3.05) is 19.4 Å². The van der Waals surface area contributed by atoms with Gasteiger partial charge < -0.3 is 5.32 Å². The number of aryl methyl sites for hydroxylation is 1. The van der Waals surface area contributed by atoms with Gasteiger partial charge in [0.15, 0.2) is 4.96 Å². The molecule has 1 amide bonds. The first-order valence-corrected chi connectivity index (χ1v) is 9.83. The molecule has 9 heteroatoms. The Bertz CT molecular complexity index is 1010. The third kappa shape index (κ3) is 3.58. The average Bonchev–Trinajstić information content (AvgIpc) is 3.10. The Hall–Kier alpha value is -2.23. The third-order valence-electron chi connectivity index (χ3n) is 3.72. The molecule has 0 saturated heterocycles. The maximum Gasteiger partial charge on any atom is 0.242 e. The summed E-state index contributed by atoms with van der Waals surface area (Å²) in [5, 5.41) is 4.66. The predicted molar refractivity (Wildman–Crippen MR) is 97.5 cm³/mol. The van der Waals surface area contributed by atoms with Crippen LogP contribution in [0.5, 0.6) is 0 Å². The quantitative estimate of drug-likeness (QED) is 0.737. The van der Waals surface area contributed by atoms with E-state index in [1.165, 1.54) is 31.5 Å². The Kier molecular flexibility index (Phi) is 4.63. The highest BCUT2D eigenvalue weighted by Gasteiger charge is 2.20. The SMILES string of the molecule is Cc1ccc(NC(=O)Cc2cn3ccsc3n2)cc1S(=O)(=O)N(C)C. The number of fused-ring (bicyclic) bond motifs is 1. The Morgan fingerprint density at radius 3 is 2.80 bits per heavy atom. The highest BCUT2D eigenvalue weighted by Crippen LogP contribution is 2.22. The maximum absolute atomic E-state index is 12.4. The average molecular weight is 378 g/mol. The monoisotopic (exact) mass is 378 g/mol. The zero-order chi connectivity index (χ0) is 18.2. The molecular formula is C16H18N4O3S2. The van der Waals surface area contributed by atoms with Crippen molar-refractivity contribution in [1.82, 2.24) is 13.7 Å². The van der Waals surface area contributed by atoms with E-state index in [2.05, 4.69) is 10.3 Å². The molecule has 132 valence electrons. The van der Waals surface area contributed by atoms with Gasteiger partial charge in [0.2, 0.25) is 15.9 Å². The second kappa shape index (κ2) is 6.58. The highest BCUT2D eigenvalue weighted by atomic mass is 32.2. The minimum Gasteiger partial charge on any atom is -0.326 e. The summed E-state index contributed by atoms with van der Waals surface area (Å²) in [6, 6.07) is 4.85. The first kappa shape index (κ1) is 17.6. The molecule has 0 atom stereocenters. The van der Waals surface area contributed by atoms with Gasteiger partial charge >= 0.3 is 0 Å². The summed E-state index contributed by atoms with van der Waals surface area (Å²) >= 11 is 1.50. The molecule has 0 unspecified atom stereocenters. The summed E-state index contributed by atoms with van der Waals surface area (Å²) < 4.78 is 27.7. The molecule has 0 saturated carbocycles. The zero-order valence-corrected chi connectivity index (χ0v) is 15.7. The summed E-state index contributed by atoms with van der Waals surface area (Å²) in [4.78, 5) is 17.6. The van der Waals surface area contributed by atoms with Crippen LogP contribution in [0.4, 0.5) is 5.69 Å². The molecule has 0 aliphatic rings. The Labute approximate surface area is 150 Å². The van der Waals surface area contributed by atoms with Crippen LogP contribution in [0.2, 0.25) is 0 Å². The molecule has 0 radical (unpaired) electrons. The van der Waals surface area contributed by atoms with Crippen LogP contribution < -0.4 is 5.32 Å². The number of anilines is 1. The summed E-state index contributed by atoms with van der Waals surface area (Å²) in [5.74, 6) is -0.247. The molecule has 0 aliphatic heterocycles. The molecule has 3 rings (SSSR count). The first-order valence-electron chi connectivity index (χ1n) is 7.51. The van der Waals surface area contributed by atoms with Gasteiger partial charge in [0, 0.05) is 37.6 Å². The van der Waals surface area contributed by atoms with E-state index in [-0.39, 0.29) is 17.2 Å². The topological polar surface area (TPSA) is 83.8 Å². The minimum atomic E-state index is -3.57. The number of nitrogens with zero attached hydrogens (tertiary/aromatic N) is 3. The van der Waals surface area contributed by atoms with Gasteiger partial charge in [0.1, 0.15) is 0 Å². The fraction of sp³-hybridized carbons (Fsp3) is 0.250. The van der Waals surface area contributed by atoms with Crippen molar-refractivity contribution in [2.24, 2.45) is 0 Å². The van der Waals surface area contributed by atoms with Gasteiger partial charge in [0.25, 0.3) is 0 Å². The molecular weight excluding hydrogens is 360 g/mol. The van der Waals surface area contributed by atoms with E-state index in [9.17, 15) is 13.2 Å². The molecule has 3 aromatic rings. The smallest absolute Gasteiger partial charge is 0.242 e. The number of hydrogen-bond donors (Lipinski definition) is 1. The predicted octanol–water partition coefficient (Wildman–Crippen LogP) is 2.14. The number of carbonyl (C=O) groups is 1. The van der Waals surface area contributed by atoms with Gasteiger partial charge in [-0.15, -0.1) is 11.3 Å². The number of carbonyl (C=O) groups excluding carboxylic acids is 1. The van der Waals surface area contributed by atoms with Crippen molar-refractivity contribution < 1.29 is 13.2 Å². The van der Waals surface area contributed by atoms with Crippen molar-refractivity contribution >= 4 is 37.9 Å². The molecule has 0 spiro atoms. The van der Waals surface area contributed by atoms with Crippen LogP contribution in [-0.2, 0) is 21.2 Å². The van der Waals surface area contributed by atoms with E-state index < -0.39 is 10.0 Å². The van der Waals surface area contributed by atoms with Crippen molar-refractivity contribution in [2.45, 2.75) is 18.2 Å². The van der Waals surface area contributed by atoms with E-state index in [4.69, 9.17) is 0 Å². The number of thiazole rings is 1. The first-order chi connectivity index (χ1) is 11.8. The van der Waals surface area contributed by atoms with Crippen LogP contribution in [0.3, 0.4) is 0 Å². The molecule has 1 N–H and O–H groups in total. The molecule has 0 bridgehead atoms. The second-order valence-electron chi connectivity index (χ2n) is 5.82. The van der Waals surface area contributed by atoms with Gasteiger partial charge in [-0.1, -0.05) is 6.07 Å². The van der Waals surface area contributed by atoms with E-state index in [1.54, 1.807) is 19.1 Å². The van der Waals surface area contributed by atoms with Crippen molar-refractivity contribution in [3.8, 4) is 0 Å². The molecule has 7 nitrogen and oxygen atoms in total. The van der Waals surface area contributed by atoms with Crippen LogP contribution >= 0.6 is 11.3 Å². The number of amides is 1. The number of rotatable bonds is 5. The molecule has 2 heterocycles. The third-order valence-corrected chi connectivity index (χ3v) is 6.44. The summed E-state index contributed by atoms with van der Waals surface area (Å²) in [7, 11) is -0.614. The number of imidazole rings is 1. The van der Waals surface area contributed by atoms with Crippen molar-refractivity contribution in [3.05, 3.63) is 47.2 Å². The molecule has 0 fully saturated rings. The number of hydrogen-bond acceptors (Lipinski definition) is 5. The van der Waals surface area contributed by atoms with Gasteiger partial charge in [0.05, 0.1) is 17.0 Å². The fourth-order valence-corrected chi connectivity index (χ4v) is 4.25. The zero-order valence-electron chi connectivity index (χ0n) is 14.1. The van der Waals surface area contributed by atoms with Crippen LogP contribution in [0.25, 0.3) is 4.96 Å². The normalized spacial score (nSPS) is 12.0. The number of benzene rings is 1. The number of sulfonamides is 1. The Balaban J connectivity index is 1.78. The number of nitrogens with one attached hydrogen (secondary N) is 1. The Morgan fingerprint density at radius 2 is 2.12 bits per heavy atom. The van der Waals surface area contributed by atoms with Crippen molar-refractivity contribution in [3.63, 3.8) is 0 Å². The second-order valence-corrected chi connectivity index (χ2v) is 8.81. The van der Waals surface area contributed by atoms with Crippen LogP contribution in [0.15, 0.2) is 40.9 Å². The minimum absolute atomic E-state index is 0.123. The van der Waals surface area contributed by atoms with Crippen LogP contribution in [-0.4, -0.2) is 42.1 Å². The lowest BCUT2D eigenvalue weighted by Crippen LogP contribution is -2.23. The van der Waals surface area contributed by atoms with E-state index in [0.717, 1.165) is 9.27 Å². The lowest BCUT2D eigenvalue weighted by molar-refractivity contribution is -0.115. The highest BCUT2D eigenvalue weighted by molar-refractivity contribution is 7.89. The molecule has 2 aromatic heterocycles. The van der Waals surface area contributed by atoms with Gasteiger partial charge in [-0.2, -0.15) is 0 Å². The van der Waals surface area contributed by atoms with Gasteiger partial charge in [-0.25, -0.2) is 17.7 Å². The van der Waals surface area contributed by atoms with Crippen LogP contribution in [0, 0.1) is 6.92 Å². The van der Waals surface area contributed by atoms with Gasteiger partial charge in [-0.05, 0) is 24.6 Å². The van der Waals surface area contributed by atoms with E-state index in [1.807, 2.05) is 22.2 Å². The van der Waals surface area contributed by atoms with E-state index >= 15 is 0 Å². The fourth-order valence-electron chi connectivity index (χ4n) is 2.38. The summed E-state index contributed by atoms with van der Waals surface area (Å²) in [6.07, 6.45) is 3.81. The molecule has 1 aromatic carbocycles. The maximum atomic E-state index is 12.4. The summed E-state index contributed by atoms with van der Waals surface area (Å²) in [5.41, 5.74) is 1.73. The Morgan fingerprint density at radius 1 is 1.36 bits per heavy atom. The van der Waals surface area contributed by atoms with Crippen molar-refractivity contribution in [1.29, 1.82) is 0 Å². The van der Waals surface area contributed by atoms with Crippen LogP contribution in [0.1, 0.15) is 11.3 Å². The lowest BCUT2D eigenvalue weighted by Gasteiger charge is -2.15. The number of aromatic nitrogens is 2. The molecule has 0 aliphatic carbocycles.